The zero-order valence-electron chi connectivity index (χ0n) is 21.2. The van der Waals surface area contributed by atoms with Crippen LogP contribution in [0.3, 0.4) is 0 Å². The Morgan fingerprint density at radius 2 is 1.92 bits per heavy atom. The van der Waals surface area contributed by atoms with Gasteiger partial charge in [-0.3, -0.25) is 4.79 Å². The zero-order valence-corrected chi connectivity index (χ0v) is 22.8. The van der Waals surface area contributed by atoms with Crippen LogP contribution in [0.15, 0.2) is 12.2 Å². The second-order valence-electron chi connectivity index (χ2n) is 11.0. The van der Waals surface area contributed by atoms with Gasteiger partial charge in [-0.05, 0) is 49.9 Å². The minimum atomic E-state index is -1.37. The van der Waals surface area contributed by atoms with E-state index in [-0.39, 0.29) is 29.7 Å². The second kappa shape index (κ2) is 13.6. The van der Waals surface area contributed by atoms with Crippen molar-refractivity contribution in [3.05, 3.63) is 12.2 Å². The fourth-order valence-corrected chi connectivity index (χ4v) is 7.25. The Bertz CT molecular complexity index is 749. The molecule has 0 saturated carbocycles. The van der Waals surface area contributed by atoms with E-state index in [1.54, 1.807) is 0 Å². The number of ether oxygens (including phenoxy) is 2. The number of halogens is 1. The lowest BCUT2D eigenvalue weighted by molar-refractivity contribution is -0.205. The summed E-state index contributed by atoms with van der Waals surface area (Å²) in [6.45, 7) is 6.30. The highest BCUT2D eigenvalue weighted by Crippen LogP contribution is 2.36. The van der Waals surface area contributed by atoms with Crippen LogP contribution in [0, 0.1) is 17.8 Å². The van der Waals surface area contributed by atoms with Crippen LogP contribution in [-0.4, -0.2) is 94.2 Å². The van der Waals surface area contributed by atoms with Crippen molar-refractivity contribution in [3.63, 3.8) is 0 Å². The Balaban J connectivity index is 0.00000361. The van der Waals surface area contributed by atoms with E-state index >= 15 is 0 Å². The van der Waals surface area contributed by atoms with Gasteiger partial charge in [0.2, 0.25) is 5.91 Å². The number of allylic oxidation sites excluding steroid dienone is 1. The highest BCUT2D eigenvalue weighted by molar-refractivity contribution is 8.00. The largest absolute Gasteiger partial charge is 0.388 e. The molecule has 0 unspecified atom stereocenters. The predicted molar refractivity (Wildman–Crippen MR) is 142 cm³/mol. The minimum Gasteiger partial charge on any atom is -0.388 e. The van der Waals surface area contributed by atoms with Crippen molar-refractivity contribution in [1.29, 1.82) is 0 Å². The van der Waals surface area contributed by atoms with E-state index in [2.05, 4.69) is 24.5 Å². The number of fused-ring (bicyclic) bond motifs is 3. The first-order valence-corrected chi connectivity index (χ1v) is 14.1. The van der Waals surface area contributed by atoms with Crippen molar-refractivity contribution < 1.29 is 29.6 Å². The number of nitrogens with one attached hydrogen (secondary N) is 2. The van der Waals surface area contributed by atoms with E-state index in [9.17, 15) is 20.1 Å². The van der Waals surface area contributed by atoms with Gasteiger partial charge in [0.25, 0.3) is 0 Å². The van der Waals surface area contributed by atoms with Crippen molar-refractivity contribution in [1.82, 2.24) is 10.6 Å². The van der Waals surface area contributed by atoms with Gasteiger partial charge in [0.1, 0.15) is 35.9 Å². The molecule has 11 heteroatoms. The number of rotatable bonds is 5. The van der Waals surface area contributed by atoms with E-state index in [0.29, 0.717) is 43.7 Å². The summed E-state index contributed by atoms with van der Waals surface area (Å²) >= 11 is 1.36. The first-order valence-electron chi connectivity index (χ1n) is 13.1. The molecule has 0 spiro atoms. The van der Waals surface area contributed by atoms with Gasteiger partial charge in [0, 0.05) is 24.9 Å². The van der Waals surface area contributed by atoms with E-state index in [1.165, 1.54) is 18.2 Å². The smallest absolute Gasteiger partial charge is 0.240 e. The van der Waals surface area contributed by atoms with E-state index < -0.39 is 41.9 Å². The molecule has 4 rings (SSSR count). The molecule has 0 radical (unpaired) electrons. The first-order chi connectivity index (χ1) is 16.8. The summed E-state index contributed by atoms with van der Waals surface area (Å²) in [5.41, 5.74) is 5.13. The van der Waals surface area contributed by atoms with Crippen molar-refractivity contribution in [2.45, 2.75) is 99.2 Å². The molecule has 0 aromatic carbocycles. The number of nitrogens with two attached hydrogens (primary N) is 1. The third-order valence-electron chi connectivity index (χ3n) is 7.83. The first kappa shape index (κ1) is 30.1. The number of hydrogen-bond donors (Lipinski definition) is 6. The van der Waals surface area contributed by atoms with Gasteiger partial charge in [-0.2, -0.15) is 0 Å². The number of hydrogen-bond acceptors (Lipinski definition) is 9. The van der Waals surface area contributed by atoms with Gasteiger partial charge in [-0.25, -0.2) is 0 Å². The molecule has 36 heavy (non-hydrogen) atoms. The minimum absolute atomic E-state index is 0. The molecule has 11 atom stereocenters. The van der Waals surface area contributed by atoms with Crippen molar-refractivity contribution in [3.8, 4) is 0 Å². The summed E-state index contributed by atoms with van der Waals surface area (Å²) in [6, 6.07) is -1.03. The summed E-state index contributed by atoms with van der Waals surface area (Å²) in [6.07, 6.45) is 3.39. The molecule has 1 amide bonds. The molecule has 0 aromatic rings. The molecule has 7 N–H and O–H groups in total. The lowest BCUT2D eigenvalue weighted by Crippen LogP contribution is -2.64. The van der Waals surface area contributed by atoms with Gasteiger partial charge >= 0.3 is 0 Å². The number of carbonyl (C=O) groups excluding carboxylic acids is 1. The van der Waals surface area contributed by atoms with E-state index in [0.717, 1.165) is 19.4 Å². The number of aliphatic hydroxyl groups is 3. The average molecular weight is 550 g/mol. The van der Waals surface area contributed by atoms with E-state index in [1.807, 2.05) is 12.2 Å². The fourth-order valence-electron chi connectivity index (χ4n) is 6.03. The van der Waals surface area contributed by atoms with Crippen LogP contribution in [0.5, 0.6) is 0 Å². The fraction of sp³-hybridized carbons (Fsp3) is 0.880. The standard InChI is InChI=1S/C25H43N3O6S.ClH/c1-13(2)9-14-7-8-33-22-15(10-14)12-27-18(22)24(32)28-17-6-4-3-5-16(11-26)35-25-21(31)19(29)20(30)23(17)34-25;/h3-4,13-23,25,27,29-31H,5-12,26H2,1-2H3,(H,28,32);1H/b4-3-;/t14-,15-,16+,17+,18-,19-,20+,21+,22+,23+,25+;/m0./s1. The molecule has 3 fully saturated rings. The van der Waals surface area contributed by atoms with Crippen LogP contribution in [0.4, 0.5) is 0 Å². The lowest BCUT2D eigenvalue weighted by Gasteiger charge is -2.44. The molecular formula is C25H44ClN3O6S. The number of amides is 1. The maximum absolute atomic E-state index is 13.5. The number of aliphatic hydroxyl groups excluding tert-OH is 3. The van der Waals surface area contributed by atoms with Gasteiger partial charge < -0.3 is 41.2 Å². The Hall–Kier alpha value is -0.430. The number of carbonyl (C=O) groups is 1. The molecule has 0 aliphatic carbocycles. The zero-order chi connectivity index (χ0) is 25.1. The summed E-state index contributed by atoms with van der Waals surface area (Å²) in [7, 11) is 0. The molecule has 0 aromatic heterocycles. The highest BCUT2D eigenvalue weighted by Gasteiger charge is 2.49. The molecule has 4 aliphatic heterocycles. The number of thioether (sulfide) groups is 1. The Kier molecular flexibility index (Phi) is 11.4. The normalized spacial score (nSPS) is 44.1. The third-order valence-corrected chi connectivity index (χ3v) is 9.26. The SMILES string of the molecule is CC(C)C[C@@H]1CCO[C@@H]2[C@H](CN[C@@H]2C(=O)N[C@@H]2C/C=C\C[C@H](CN)S[C@H]3O[C@H]2[C@H](O)[C@H](O)[C@H]3O)C1.Cl. The highest BCUT2D eigenvalue weighted by atomic mass is 35.5. The third kappa shape index (κ3) is 6.95. The summed E-state index contributed by atoms with van der Waals surface area (Å²) < 4.78 is 12.3. The van der Waals surface area contributed by atoms with Crippen molar-refractivity contribution in [2.75, 3.05) is 19.7 Å². The monoisotopic (exact) mass is 549 g/mol. The molecule has 4 heterocycles. The van der Waals surface area contributed by atoms with Crippen LogP contribution in [0.1, 0.15) is 46.0 Å². The Morgan fingerprint density at radius 3 is 2.64 bits per heavy atom. The van der Waals surface area contributed by atoms with Crippen LogP contribution < -0.4 is 16.4 Å². The molecule has 3 saturated heterocycles. The maximum Gasteiger partial charge on any atom is 0.240 e. The van der Waals surface area contributed by atoms with Gasteiger partial charge in [0.05, 0.1) is 12.1 Å². The van der Waals surface area contributed by atoms with Crippen LogP contribution >= 0.6 is 24.2 Å². The Morgan fingerprint density at radius 1 is 1.17 bits per heavy atom. The van der Waals surface area contributed by atoms with Crippen LogP contribution in [0.2, 0.25) is 0 Å². The van der Waals surface area contributed by atoms with E-state index in [4.69, 9.17) is 15.2 Å². The van der Waals surface area contributed by atoms with Gasteiger partial charge in [-0.1, -0.05) is 26.0 Å². The Labute approximate surface area is 224 Å². The average Bonchev–Trinajstić information content (AvgIpc) is 3.11. The summed E-state index contributed by atoms with van der Waals surface area (Å²) in [5, 5.41) is 38.3. The van der Waals surface area contributed by atoms with Gasteiger partial charge in [-0.15, -0.1) is 24.2 Å². The molecule has 9 nitrogen and oxygen atoms in total. The molecule has 4 aliphatic rings. The molecular weight excluding hydrogens is 506 g/mol. The second-order valence-corrected chi connectivity index (χ2v) is 12.4. The predicted octanol–water partition coefficient (Wildman–Crippen LogP) is 0.540. The van der Waals surface area contributed by atoms with Crippen LogP contribution in [-0.2, 0) is 14.3 Å². The molecule has 208 valence electrons. The summed E-state index contributed by atoms with van der Waals surface area (Å²) in [5.74, 6) is 1.37. The van der Waals surface area contributed by atoms with Crippen LogP contribution in [0.25, 0.3) is 0 Å². The van der Waals surface area contributed by atoms with Gasteiger partial charge in [0.15, 0.2) is 0 Å². The molecule has 2 bridgehead atoms. The van der Waals surface area contributed by atoms with Crippen molar-refractivity contribution in [2.24, 2.45) is 23.5 Å². The maximum atomic E-state index is 13.5. The topological polar surface area (TPSA) is 146 Å². The van der Waals surface area contributed by atoms with Crippen molar-refractivity contribution >= 4 is 30.1 Å². The summed E-state index contributed by atoms with van der Waals surface area (Å²) in [4.78, 5) is 13.5. The lowest BCUT2D eigenvalue weighted by atomic mass is 9.85. The quantitative estimate of drug-likeness (QED) is 0.270.